The summed E-state index contributed by atoms with van der Waals surface area (Å²) in [4.78, 5) is 27.7. The summed E-state index contributed by atoms with van der Waals surface area (Å²) < 4.78 is 5.09. The van der Waals surface area contributed by atoms with Crippen LogP contribution < -0.4 is 15.1 Å². The van der Waals surface area contributed by atoms with Gasteiger partial charge in [0.05, 0.1) is 25.6 Å². The lowest BCUT2D eigenvalue weighted by Crippen LogP contribution is -3.14. The van der Waals surface area contributed by atoms with Crippen molar-refractivity contribution in [3.8, 4) is 0 Å². The Balaban J connectivity index is 1.42. The second-order valence-corrected chi connectivity index (χ2v) is 7.24. The highest BCUT2D eigenvalue weighted by Crippen LogP contribution is 2.21. The molecule has 2 fully saturated rings. The van der Waals surface area contributed by atoms with E-state index in [4.69, 9.17) is 4.74 Å². The molecule has 0 aliphatic carbocycles. The predicted octanol–water partition coefficient (Wildman–Crippen LogP) is 1.08. The van der Waals surface area contributed by atoms with Crippen molar-refractivity contribution in [2.24, 2.45) is 5.92 Å². The second-order valence-electron chi connectivity index (χ2n) is 7.24. The third-order valence-corrected chi connectivity index (χ3v) is 5.35. The molecule has 1 aromatic carbocycles. The molecular weight excluding hydrogens is 330 g/mol. The summed E-state index contributed by atoms with van der Waals surface area (Å²) in [6, 6.07) is 8.12. The summed E-state index contributed by atoms with van der Waals surface area (Å²) in [6.45, 7) is 6.64. The molecule has 0 saturated carbocycles. The van der Waals surface area contributed by atoms with Gasteiger partial charge < -0.3 is 19.9 Å². The maximum absolute atomic E-state index is 12.3. The number of hydrogen-bond acceptors (Lipinski definition) is 4. The van der Waals surface area contributed by atoms with Gasteiger partial charge >= 0.3 is 5.97 Å². The van der Waals surface area contributed by atoms with Crippen LogP contribution in [0.1, 0.15) is 32.6 Å². The van der Waals surface area contributed by atoms with E-state index in [9.17, 15) is 9.59 Å². The number of anilines is 2. The zero-order valence-corrected chi connectivity index (χ0v) is 15.6. The molecule has 26 heavy (non-hydrogen) atoms. The van der Waals surface area contributed by atoms with Crippen LogP contribution in [0.5, 0.6) is 0 Å². The van der Waals surface area contributed by atoms with Crippen molar-refractivity contribution in [2.75, 3.05) is 49.5 Å². The van der Waals surface area contributed by atoms with Gasteiger partial charge in [-0.15, -0.1) is 0 Å². The van der Waals surface area contributed by atoms with Gasteiger partial charge in [-0.05, 0) is 44.0 Å². The quantitative estimate of drug-likeness (QED) is 0.746. The van der Waals surface area contributed by atoms with Crippen molar-refractivity contribution in [2.45, 2.75) is 32.6 Å². The SMILES string of the molecule is CCOC(=O)C1CC[NH+](CC(=O)Nc2ccc(N3CCCC3)cc2)CC1. The predicted molar refractivity (Wildman–Crippen MR) is 101 cm³/mol. The zero-order valence-electron chi connectivity index (χ0n) is 15.6. The fourth-order valence-electron chi connectivity index (χ4n) is 3.86. The number of nitrogens with zero attached hydrogens (tertiary/aromatic N) is 1. The Morgan fingerprint density at radius 2 is 1.81 bits per heavy atom. The third kappa shape index (κ3) is 4.97. The summed E-state index contributed by atoms with van der Waals surface area (Å²) in [6.07, 6.45) is 4.11. The summed E-state index contributed by atoms with van der Waals surface area (Å²) >= 11 is 0. The van der Waals surface area contributed by atoms with E-state index in [1.54, 1.807) is 0 Å². The zero-order chi connectivity index (χ0) is 18.4. The number of carbonyl (C=O) groups excluding carboxylic acids is 2. The van der Waals surface area contributed by atoms with Crippen LogP contribution in [0.3, 0.4) is 0 Å². The highest BCUT2D eigenvalue weighted by Gasteiger charge is 2.29. The Bertz CT molecular complexity index is 603. The first-order valence-corrected chi connectivity index (χ1v) is 9.80. The van der Waals surface area contributed by atoms with Gasteiger partial charge in [-0.25, -0.2) is 0 Å². The van der Waals surface area contributed by atoms with Crippen LogP contribution in [-0.2, 0) is 14.3 Å². The van der Waals surface area contributed by atoms with Crippen LogP contribution in [0.2, 0.25) is 0 Å². The number of rotatable bonds is 6. The summed E-state index contributed by atoms with van der Waals surface area (Å²) in [5, 5.41) is 2.99. The number of ether oxygens (including phenoxy) is 1. The molecule has 142 valence electrons. The minimum Gasteiger partial charge on any atom is -0.466 e. The van der Waals surface area contributed by atoms with Gasteiger partial charge in [-0.3, -0.25) is 9.59 Å². The van der Waals surface area contributed by atoms with Gasteiger partial charge in [0.15, 0.2) is 6.54 Å². The third-order valence-electron chi connectivity index (χ3n) is 5.35. The molecule has 2 aliphatic heterocycles. The largest absolute Gasteiger partial charge is 0.466 e. The van der Waals surface area contributed by atoms with Gasteiger partial charge in [-0.1, -0.05) is 0 Å². The van der Waals surface area contributed by atoms with Gasteiger partial charge in [0.1, 0.15) is 0 Å². The topological polar surface area (TPSA) is 63.1 Å². The number of hydrogen-bond donors (Lipinski definition) is 2. The van der Waals surface area contributed by atoms with E-state index < -0.39 is 0 Å². The van der Waals surface area contributed by atoms with E-state index in [-0.39, 0.29) is 17.8 Å². The van der Waals surface area contributed by atoms with Crippen molar-refractivity contribution in [1.82, 2.24) is 0 Å². The molecule has 0 atom stereocenters. The molecule has 0 bridgehead atoms. The molecule has 0 spiro atoms. The molecule has 0 unspecified atom stereocenters. The Labute approximate surface area is 155 Å². The first kappa shape index (κ1) is 18.7. The first-order valence-electron chi connectivity index (χ1n) is 9.80. The summed E-state index contributed by atoms with van der Waals surface area (Å²) in [5.74, 6) is -0.0579. The van der Waals surface area contributed by atoms with Crippen LogP contribution in [0.15, 0.2) is 24.3 Å². The van der Waals surface area contributed by atoms with Crippen LogP contribution in [-0.4, -0.2) is 51.2 Å². The summed E-state index contributed by atoms with van der Waals surface area (Å²) in [5.41, 5.74) is 2.07. The number of likely N-dealkylation sites (tertiary alicyclic amines) is 1. The normalized spacial score (nSPS) is 22.9. The molecule has 6 heteroatoms. The standard InChI is InChI=1S/C20H29N3O3/c1-2-26-20(25)16-9-13-22(14-10-16)15-19(24)21-17-5-7-18(8-6-17)23-11-3-4-12-23/h5-8,16H,2-4,9-15H2,1H3,(H,21,24)/p+1. The van der Waals surface area contributed by atoms with Crippen molar-refractivity contribution in [1.29, 1.82) is 0 Å². The van der Waals surface area contributed by atoms with Gasteiger partial charge in [0.25, 0.3) is 5.91 Å². The Hall–Kier alpha value is -2.08. The molecule has 2 N–H and O–H groups in total. The monoisotopic (exact) mass is 360 g/mol. The summed E-state index contributed by atoms with van der Waals surface area (Å²) in [7, 11) is 0. The molecule has 0 radical (unpaired) electrons. The highest BCUT2D eigenvalue weighted by molar-refractivity contribution is 5.91. The Morgan fingerprint density at radius 3 is 2.42 bits per heavy atom. The van der Waals surface area contributed by atoms with Crippen molar-refractivity contribution >= 4 is 23.3 Å². The number of nitrogens with one attached hydrogen (secondary N) is 2. The number of amides is 1. The average molecular weight is 360 g/mol. The molecule has 0 aromatic heterocycles. The van der Waals surface area contributed by atoms with Gasteiger partial charge in [0, 0.05) is 37.3 Å². The lowest BCUT2D eigenvalue weighted by Gasteiger charge is -2.27. The average Bonchev–Trinajstić information content (AvgIpc) is 3.18. The van der Waals surface area contributed by atoms with Crippen molar-refractivity contribution in [3.63, 3.8) is 0 Å². The van der Waals surface area contributed by atoms with Crippen LogP contribution in [0.4, 0.5) is 11.4 Å². The molecule has 2 saturated heterocycles. The second kappa shape index (κ2) is 9.03. The minimum atomic E-state index is -0.0888. The molecule has 3 rings (SSSR count). The number of carbonyl (C=O) groups is 2. The Morgan fingerprint density at radius 1 is 1.15 bits per heavy atom. The molecule has 6 nitrogen and oxygen atoms in total. The fourth-order valence-corrected chi connectivity index (χ4v) is 3.86. The van der Waals surface area contributed by atoms with E-state index in [1.165, 1.54) is 23.4 Å². The smallest absolute Gasteiger partial charge is 0.309 e. The number of esters is 1. The first-order chi connectivity index (χ1) is 12.7. The van der Waals surface area contributed by atoms with Gasteiger partial charge in [0.2, 0.25) is 0 Å². The Kier molecular flexibility index (Phi) is 6.50. The van der Waals surface area contributed by atoms with E-state index in [0.29, 0.717) is 13.2 Å². The minimum absolute atomic E-state index is 0.0000992. The van der Waals surface area contributed by atoms with Crippen LogP contribution in [0, 0.1) is 5.92 Å². The number of quaternary nitrogens is 1. The van der Waals surface area contributed by atoms with Crippen LogP contribution in [0.25, 0.3) is 0 Å². The van der Waals surface area contributed by atoms with E-state index in [1.807, 2.05) is 19.1 Å². The molecule has 2 aliphatic rings. The molecule has 1 amide bonds. The van der Waals surface area contributed by atoms with E-state index in [0.717, 1.165) is 44.7 Å². The van der Waals surface area contributed by atoms with Crippen molar-refractivity contribution in [3.05, 3.63) is 24.3 Å². The van der Waals surface area contributed by atoms with Gasteiger partial charge in [-0.2, -0.15) is 0 Å². The lowest BCUT2D eigenvalue weighted by atomic mass is 9.97. The number of piperidine rings is 1. The maximum atomic E-state index is 12.3. The molecule has 2 heterocycles. The highest BCUT2D eigenvalue weighted by atomic mass is 16.5. The van der Waals surface area contributed by atoms with Crippen molar-refractivity contribution < 1.29 is 19.2 Å². The maximum Gasteiger partial charge on any atom is 0.309 e. The number of benzene rings is 1. The van der Waals surface area contributed by atoms with E-state index in [2.05, 4.69) is 22.3 Å². The fraction of sp³-hybridized carbons (Fsp3) is 0.600. The van der Waals surface area contributed by atoms with E-state index >= 15 is 0 Å². The molecule has 1 aromatic rings. The molecular formula is C20H30N3O3+. The lowest BCUT2D eigenvalue weighted by molar-refractivity contribution is -0.897. The van der Waals surface area contributed by atoms with Crippen LogP contribution >= 0.6 is 0 Å².